The molecule has 1 unspecified atom stereocenters. The summed E-state index contributed by atoms with van der Waals surface area (Å²) in [5.74, 6) is 0. The SMILES string of the molecule is OC(CNc1cc(Cl)cc(Cl)c1)c1ccc(Cl)cc1. The molecule has 0 spiro atoms. The first kappa shape index (κ1) is 14.5. The van der Waals surface area contributed by atoms with Crippen LogP contribution in [0.3, 0.4) is 0 Å². The second-order valence-corrected chi connectivity index (χ2v) is 5.42. The number of aliphatic hydroxyl groups excluding tert-OH is 1. The number of anilines is 1. The third-order valence-corrected chi connectivity index (χ3v) is 3.31. The summed E-state index contributed by atoms with van der Waals surface area (Å²) in [6.45, 7) is 0.359. The number of halogens is 3. The largest absolute Gasteiger partial charge is 0.387 e. The van der Waals surface area contributed by atoms with Crippen molar-refractivity contribution in [2.45, 2.75) is 6.10 Å². The average Bonchev–Trinajstić information content (AvgIpc) is 2.36. The lowest BCUT2D eigenvalue weighted by atomic mass is 10.1. The molecule has 1 atom stereocenters. The highest BCUT2D eigenvalue weighted by molar-refractivity contribution is 6.35. The minimum Gasteiger partial charge on any atom is -0.387 e. The molecule has 2 rings (SSSR count). The molecule has 0 aliphatic rings. The lowest BCUT2D eigenvalue weighted by Crippen LogP contribution is -2.12. The van der Waals surface area contributed by atoms with Crippen molar-refractivity contribution in [2.75, 3.05) is 11.9 Å². The smallest absolute Gasteiger partial charge is 0.0962 e. The molecule has 0 amide bonds. The molecule has 2 N–H and O–H groups in total. The Morgan fingerprint density at radius 1 is 0.895 bits per heavy atom. The van der Waals surface area contributed by atoms with Crippen LogP contribution in [-0.2, 0) is 0 Å². The third kappa shape index (κ3) is 4.29. The lowest BCUT2D eigenvalue weighted by molar-refractivity contribution is 0.191. The Labute approximate surface area is 126 Å². The molecule has 0 aliphatic carbocycles. The fraction of sp³-hybridized carbons (Fsp3) is 0.143. The summed E-state index contributed by atoms with van der Waals surface area (Å²) in [6.07, 6.45) is -0.630. The molecule has 2 nitrogen and oxygen atoms in total. The fourth-order valence-corrected chi connectivity index (χ4v) is 2.33. The summed E-state index contributed by atoms with van der Waals surface area (Å²) in [5, 5.41) is 14.9. The van der Waals surface area contributed by atoms with E-state index in [1.807, 2.05) is 0 Å². The molecule has 0 heterocycles. The van der Waals surface area contributed by atoms with Gasteiger partial charge in [-0.15, -0.1) is 0 Å². The summed E-state index contributed by atoms with van der Waals surface area (Å²) in [4.78, 5) is 0. The number of aliphatic hydroxyl groups is 1. The maximum Gasteiger partial charge on any atom is 0.0962 e. The van der Waals surface area contributed by atoms with E-state index in [1.54, 1.807) is 42.5 Å². The van der Waals surface area contributed by atoms with Crippen molar-refractivity contribution >= 4 is 40.5 Å². The van der Waals surface area contributed by atoms with E-state index in [9.17, 15) is 5.11 Å². The minimum absolute atomic E-state index is 0.359. The van der Waals surface area contributed by atoms with E-state index >= 15 is 0 Å². The van der Waals surface area contributed by atoms with Gasteiger partial charge in [-0.2, -0.15) is 0 Å². The topological polar surface area (TPSA) is 32.3 Å². The van der Waals surface area contributed by atoms with Crippen LogP contribution in [0.25, 0.3) is 0 Å². The fourth-order valence-electron chi connectivity index (χ4n) is 1.67. The molecule has 0 bridgehead atoms. The Bertz CT molecular complexity index is 537. The molecule has 0 saturated carbocycles. The first-order valence-electron chi connectivity index (χ1n) is 5.68. The lowest BCUT2D eigenvalue weighted by Gasteiger charge is -2.13. The van der Waals surface area contributed by atoms with Gasteiger partial charge in [0.1, 0.15) is 0 Å². The molecular weight excluding hydrogens is 305 g/mol. The predicted octanol–water partition coefficient (Wildman–Crippen LogP) is 4.79. The molecule has 100 valence electrons. The number of benzene rings is 2. The van der Waals surface area contributed by atoms with Crippen molar-refractivity contribution in [3.8, 4) is 0 Å². The Morgan fingerprint density at radius 3 is 2.05 bits per heavy atom. The van der Waals surface area contributed by atoms with Crippen LogP contribution >= 0.6 is 34.8 Å². The zero-order valence-corrected chi connectivity index (χ0v) is 12.2. The van der Waals surface area contributed by atoms with Crippen LogP contribution in [-0.4, -0.2) is 11.7 Å². The van der Waals surface area contributed by atoms with E-state index < -0.39 is 6.10 Å². The summed E-state index contributed by atoms with van der Waals surface area (Å²) in [5.41, 5.74) is 1.57. The van der Waals surface area contributed by atoms with E-state index in [0.29, 0.717) is 21.6 Å². The van der Waals surface area contributed by atoms with E-state index in [0.717, 1.165) is 11.3 Å². The van der Waals surface area contributed by atoms with Gasteiger partial charge in [-0.05, 0) is 35.9 Å². The Hall–Kier alpha value is -0.930. The van der Waals surface area contributed by atoms with E-state index in [1.165, 1.54) is 0 Å². The van der Waals surface area contributed by atoms with Gasteiger partial charge in [-0.3, -0.25) is 0 Å². The van der Waals surface area contributed by atoms with Gasteiger partial charge in [0.15, 0.2) is 0 Å². The second kappa shape index (κ2) is 6.49. The minimum atomic E-state index is -0.630. The van der Waals surface area contributed by atoms with Crippen LogP contribution in [0.2, 0.25) is 15.1 Å². The Kier molecular flexibility index (Phi) is 4.94. The Balaban J connectivity index is 1.99. The molecule has 2 aromatic rings. The van der Waals surface area contributed by atoms with Gasteiger partial charge >= 0.3 is 0 Å². The highest BCUT2D eigenvalue weighted by Gasteiger charge is 2.07. The van der Waals surface area contributed by atoms with E-state index in [4.69, 9.17) is 34.8 Å². The molecule has 0 saturated heterocycles. The summed E-state index contributed by atoms with van der Waals surface area (Å²) < 4.78 is 0. The van der Waals surface area contributed by atoms with E-state index in [2.05, 4.69) is 5.32 Å². The van der Waals surface area contributed by atoms with Gasteiger partial charge in [-0.25, -0.2) is 0 Å². The monoisotopic (exact) mass is 315 g/mol. The van der Waals surface area contributed by atoms with Crippen LogP contribution in [0, 0.1) is 0 Å². The molecule has 0 fully saturated rings. The van der Waals surface area contributed by atoms with Crippen LogP contribution in [0.5, 0.6) is 0 Å². The summed E-state index contributed by atoms with van der Waals surface area (Å²) in [7, 11) is 0. The summed E-state index contributed by atoms with van der Waals surface area (Å²) in [6, 6.07) is 12.2. The van der Waals surface area contributed by atoms with E-state index in [-0.39, 0.29) is 0 Å². The van der Waals surface area contributed by atoms with Gasteiger partial charge in [0, 0.05) is 27.3 Å². The van der Waals surface area contributed by atoms with Gasteiger partial charge < -0.3 is 10.4 Å². The maximum absolute atomic E-state index is 10.0. The first-order chi connectivity index (χ1) is 9.04. The average molecular weight is 317 g/mol. The van der Waals surface area contributed by atoms with Gasteiger partial charge in [0.2, 0.25) is 0 Å². The molecule has 0 radical (unpaired) electrons. The highest BCUT2D eigenvalue weighted by Crippen LogP contribution is 2.23. The Morgan fingerprint density at radius 2 is 1.47 bits per heavy atom. The number of hydrogen-bond acceptors (Lipinski definition) is 2. The van der Waals surface area contributed by atoms with Crippen molar-refractivity contribution in [3.05, 3.63) is 63.1 Å². The van der Waals surface area contributed by atoms with Gasteiger partial charge in [-0.1, -0.05) is 46.9 Å². The van der Waals surface area contributed by atoms with Crippen molar-refractivity contribution in [2.24, 2.45) is 0 Å². The number of hydrogen-bond donors (Lipinski definition) is 2. The van der Waals surface area contributed by atoms with Crippen LogP contribution in [0.1, 0.15) is 11.7 Å². The standard InChI is InChI=1S/C14H12Cl3NO/c15-10-3-1-9(2-4-10)14(19)8-18-13-6-11(16)5-12(17)7-13/h1-7,14,18-19H,8H2. The van der Waals surface area contributed by atoms with Crippen molar-refractivity contribution in [1.29, 1.82) is 0 Å². The quantitative estimate of drug-likeness (QED) is 0.850. The molecule has 19 heavy (non-hydrogen) atoms. The maximum atomic E-state index is 10.0. The highest BCUT2D eigenvalue weighted by atomic mass is 35.5. The molecule has 2 aromatic carbocycles. The van der Waals surface area contributed by atoms with Crippen LogP contribution in [0.4, 0.5) is 5.69 Å². The molecule has 0 aliphatic heterocycles. The predicted molar refractivity (Wildman–Crippen MR) is 81.4 cm³/mol. The van der Waals surface area contributed by atoms with Gasteiger partial charge in [0.25, 0.3) is 0 Å². The number of nitrogens with one attached hydrogen (secondary N) is 1. The van der Waals surface area contributed by atoms with Crippen LogP contribution < -0.4 is 5.32 Å². The first-order valence-corrected chi connectivity index (χ1v) is 6.81. The summed E-state index contributed by atoms with van der Waals surface area (Å²) >= 11 is 17.6. The second-order valence-electron chi connectivity index (χ2n) is 4.11. The van der Waals surface area contributed by atoms with Crippen LogP contribution in [0.15, 0.2) is 42.5 Å². The van der Waals surface area contributed by atoms with Crippen molar-refractivity contribution in [1.82, 2.24) is 0 Å². The normalized spacial score (nSPS) is 12.2. The van der Waals surface area contributed by atoms with Gasteiger partial charge in [0.05, 0.1) is 6.10 Å². The third-order valence-electron chi connectivity index (χ3n) is 2.62. The van der Waals surface area contributed by atoms with Crippen molar-refractivity contribution < 1.29 is 5.11 Å². The molecule has 5 heteroatoms. The zero-order valence-electron chi connectivity index (χ0n) is 9.91. The molecular formula is C14H12Cl3NO. The van der Waals surface area contributed by atoms with Crippen molar-refractivity contribution in [3.63, 3.8) is 0 Å². The zero-order chi connectivity index (χ0) is 13.8. The number of rotatable bonds is 4. The molecule has 0 aromatic heterocycles.